The highest BCUT2D eigenvalue weighted by atomic mass is 32.2. The molecule has 0 aliphatic heterocycles. The van der Waals surface area contributed by atoms with Crippen LogP contribution in [0.5, 0.6) is 0 Å². The van der Waals surface area contributed by atoms with Crippen LogP contribution in [0.2, 0.25) is 0 Å². The average molecular weight is 421 g/mol. The monoisotopic (exact) mass is 420 g/mol. The Bertz CT molecular complexity index is 1120. The molecule has 0 unspecified atom stereocenters. The van der Waals surface area contributed by atoms with E-state index < -0.39 is 5.25 Å². The predicted molar refractivity (Wildman–Crippen MR) is 121 cm³/mol. The van der Waals surface area contributed by atoms with Crippen LogP contribution in [0.25, 0.3) is 10.9 Å². The zero-order valence-electron chi connectivity index (χ0n) is 17.1. The minimum Gasteiger partial charge on any atom is -0.310 e. The Labute approximate surface area is 180 Å². The third kappa shape index (κ3) is 4.71. The van der Waals surface area contributed by atoms with Crippen LogP contribution in [0.1, 0.15) is 26.7 Å². The molecule has 0 saturated heterocycles. The van der Waals surface area contributed by atoms with Gasteiger partial charge in [0.15, 0.2) is 5.16 Å². The number of aromatic nitrogens is 2. The van der Waals surface area contributed by atoms with Crippen LogP contribution in [0.15, 0.2) is 64.5 Å². The van der Waals surface area contributed by atoms with E-state index in [1.807, 2.05) is 62.4 Å². The highest BCUT2D eigenvalue weighted by Crippen LogP contribution is 2.26. The fraction of sp³-hybridized carbons (Fsp3) is 0.304. The Morgan fingerprint density at radius 3 is 2.60 bits per heavy atom. The molecule has 1 heterocycles. The first-order valence-electron chi connectivity index (χ1n) is 9.96. The molecule has 6 nitrogen and oxygen atoms in total. The molecular formula is C23H24N4O2S. The molecule has 1 amide bonds. The molecular weight excluding hydrogens is 396 g/mol. The van der Waals surface area contributed by atoms with E-state index in [-0.39, 0.29) is 17.9 Å². The molecule has 0 radical (unpaired) electrons. The number of hydrogen-bond acceptors (Lipinski definition) is 5. The van der Waals surface area contributed by atoms with Gasteiger partial charge < -0.3 is 4.90 Å². The Morgan fingerprint density at radius 1 is 1.20 bits per heavy atom. The molecule has 7 heteroatoms. The second-order valence-corrected chi connectivity index (χ2v) is 8.17. The number of rotatable bonds is 8. The summed E-state index contributed by atoms with van der Waals surface area (Å²) in [6, 6.07) is 18.7. The number of hydrogen-bond donors (Lipinski definition) is 0. The first kappa shape index (κ1) is 21.6. The third-order valence-corrected chi connectivity index (χ3v) is 5.76. The van der Waals surface area contributed by atoms with Gasteiger partial charge in [0.05, 0.1) is 28.6 Å². The summed E-state index contributed by atoms with van der Waals surface area (Å²) in [6.45, 7) is 4.67. The van der Waals surface area contributed by atoms with E-state index in [4.69, 9.17) is 5.26 Å². The molecule has 0 saturated carbocycles. The van der Waals surface area contributed by atoms with Crippen molar-refractivity contribution in [1.29, 1.82) is 5.26 Å². The summed E-state index contributed by atoms with van der Waals surface area (Å²) in [6.07, 6.45) is 1.03. The summed E-state index contributed by atoms with van der Waals surface area (Å²) in [7, 11) is 0. The molecule has 2 aromatic carbocycles. The number of nitriles is 1. The normalized spacial score (nSPS) is 11.8. The molecule has 3 aromatic rings. The molecule has 1 aromatic heterocycles. The number of carbonyl (C=O) groups excluding carboxylic acids is 1. The van der Waals surface area contributed by atoms with Gasteiger partial charge in [-0.15, -0.1) is 0 Å². The second-order valence-electron chi connectivity index (χ2n) is 6.86. The summed E-state index contributed by atoms with van der Waals surface area (Å²) >= 11 is 1.28. The lowest BCUT2D eigenvalue weighted by Gasteiger charge is -2.25. The molecule has 1 atom stereocenters. The number of anilines is 1. The van der Waals surface area contributed by atoms with Gasteiger partial charge in [-0.3, -0.25) is 14.2 Å². The van der Waals surface area contributed by atoms with Crippen molar-refractivity contribution < 1.29 is 4.79 Å². The van der Waals surface area contributed by atoms with Crippen LogP contribution in [0.4, 0.5) is 5.69 Å². The first-order chi connectivity index (χ1) is 14.6. The predicted octanol–water partition coefficient (Wildman–Crippen LogP) is 4.23. The van der Waals surface area contributed by atoms with E-state index in [0.29, 0.717) is 29.1 Å². The topological polar surface area (TPSA) is 79.0 Å². The molecule has 0 spiro atoms. The van der Waals surface area contributed by atoms with E-state index in [2.05, 4.69) is 11.1 Å². The standard InChI is InChI=1S/C23H24N4O2S/c1-3-15-27-22(29)19-12-7-8-13-20(19)25-23(27)30-17(2)21(28)26(16-9-14-24)18-10-5-4-6-11-18/h4-8,10-13,17H,3,9,15-16H2,1-2H3/t17-/m1/s1. The van der Waals surface area contributed by atoms with E-state index in [9.17, 15) is 9.59 Å². The van der Waals surface area contributed by atoms with Crippen molar-refractivity contribution in [3.8, 4) is 6.07 Å². The van der Waals surface area contributed by atoms with Crippen LogP contribution in [0.3, 0.4) is 0 Å². The minimum atomic E-state index is -0.472. The number of carbonyl (C=O) groups is 1. The van der Waals surface area contributed by atoms with Gasteiger partial charge in [0.1, 0.15) is 0 Å². The van der Waals surface area contributed by atoms with Crippen molar-refractivity contribution in [3.05, 3.63) is 65.0 Å². The quantitative estimate of drug-likeness (QED) is 0.402. The zero-order chi connectivity index (χ0) is 21.5. The zero-order valence-corrected chi connectivity index (χ0v) is 17.9. The lowest BCUT2D eigenvalue weighted by Crippen LogP contribution is -2.37. The van der Waals surface area contributed by atoms with Gasteiger partial charge >= 0.3 is 0 Å². The smallest absolute Gasteiger partial charge is 0.262 e. The maximum Gasteiger partial charge on any atom is 0.262 e. The maximum absolute atomic E-state index is 13.3. The summed E-state index contributed by atoms with van der Waals surface area (Å²) in [4.78, 5) is 32.5. The lowest BCUT2D eigenvalue weighted by molar-refractivity contribution is -0.117. The van der Waals surface area contributed by atoms with E-state index >= 15 is 0 Å². The molecule has 3 rings (SSSR count). The maximum atomic E-state index is 13.3. The van der Waals surface area contributed by atoms with Crippen LogP contribution >= 0.6 is 11.8 Å². The number of amides is 1. The van der Waals surface area contributed by atoms with Crippen LogP contribution in [0, 0.1) is 11.3 Å². The summed E-state index contributed by atoms with van der Waals surface area (Å²) in [5.41, 5.74) is 1.29. The van der Waals surface area contributed by atoms with Crippen molar-refractivity contribution >= 4 is 34.3 Å². The number of nitrogens with zero attached hydrogens (tertiary/aromatic N) is 4. The molecule has 154 valence electrons. The van der Waals surface area contributed by atoms with Gasteiger partial charge in [0.2, 0.25) is 5.91 Å². The van der Waals surface area contributed by atoms with Gasteiger partial charge in [0.25, 0.3) is 5.56 Å². The van der Waals surface area contributed by atoms with Gasteiger partial charge in [-0.1, -0.05) is 49.0 Å². The van der Waals surface area contributed by atoms with E-state index in [1.165, 1.54) is 11.8 Å². The minimum absolute atomic E-state index is 0.0889. The van der Waals surface area contributed by atoms with Gasteiger partial charge in [-0.05, 0) is 37.6 Å². The van der Waals surface area contributed by atoms with Crippen molar-refractivity contribution in [2.24, 2.45) is 0 Å². The molecule has 0 aliphatic carbocycles. The Morgan fingerprint density at radius 2 is 1.90 bits per heavy atom. The second kappa shape index (κ2) is 10.1. The molecule has 0 aliphatic rings. The van der Waals surface area contributed by atoms with Crippen molar-refractivity contribution in [2.75, 3.05) is 11.4 Å². The van der Waals surface area contributed by atoms with Gasteiger partial charge in [-0.25, -0.2) is 4.98 Å². The molecule has 30 heavy (non-hydrogen) atoms. The van der Waals surface area contributed by atoms with Gasteiger partial charge in [-0.2, -0.15) is 5.26 Å². The van der Waals surface area contributed by atoms with Crippen molar-refractivity contribution in [2.45, 2.75) is 43.6 Å². The Balaban J connectivity index is 1.93. The molecule has 0 N–H and O–H groups in total. The Hall–Kier alpha value is -3.11. The average Bonchev–Trinajstić information content (AvgIpc) is 2.77. The number of benzene rings is 2. The van der Waals surface area contributed by atoms with E-state index in [0.717, 1.165) is 12.1 Å². The van der Waals surface area contributed by atoms with Gasteiger partial charge in [0, 0.05) is 18.8 Å². The summed E-state index contributed by atoms with van der Waals surface area (Å²) < 4.78 is 1.65. The highest BCUT2D eigenvalue weighted by molar-refractivity contribution is 8.00. The largest absolute Gasteiger partial charge is 0.310 e. The fourth-order valence-corrected chi connectivity index (χ4v) is 4.22. The summed E-state index contributed by atoms with van der Waals surface area (Å²) in [5, 5.41) is 9.65. The molecule has 0 fully saturated rings. The highest BCUT2D eigenvalue weighted by Gasteiger charge is 2.25. The van der Waals surface area contributed by atoms with Crippen molar-refractivity contribution in [1.82, 2.24) is 9.55 Å². The first-order valence-corrected chi connectivity index (χ1v) is 10.8. The summed E-state index contributed by atoms with van der Waals surface area (Å²) in [5.74, 6) is -0.119. The number of thioether (sulfide) groups is 1. The number of fused-ring (bicyclic) bond motifs is 1. The third-order valence-electron chi connectivity index (χ3n) is 4.68. The lowest BCUT2D eigenvalue weighted by atomic mass is 10.2. The van der Waals surface area contributed by atoms with E-state index in [1.54, 1.807) is 15.5 Å². The molecule has 0 bridgehead atoms. The SMILES string of the molecule is CCCn1c(S[C@H](C)C(=O)N(CCC#N)c2ccccc2)nc2ccccc2c1=O. The van der Waals surface area contributed by atoms with Crippen molar-refractivity contribution in [3.63, 3.8) is 0 Å². The Kier molecular flexibility index (Phi) is 7.26. The number of para-hydroxylation sites is 2. The van der Waals surface area contributed by atoms with Crippen LogP contribution < -0.4 is 10.5 Å². The van der Waals surface area contributed by atoms with Crippen LogP contribution in [-0.2, 0) is 11.3 Å². The van der Waals surface area contributed by atoms with Crippen LogP contribution in [-0.4, -0.2) is 27.3 Å². The fourth-order valence-electron chi connectivity index (χ4n) is 3.22.